The minimum atomic E-state index is 0.795. The van der Waals surface area contributed by atoms with Gasteiger partial charge in [0.25, 0.3) is 0 Å². The predicted molar refractivity (Wildman–Crippen MR) is 77.2 cm³/mol. The molecule has 0 saturated carbocycles. The molecule has 1 heterocycles. The van der Waals surface area contributed by atoms with Crippen molar-refractivity contribution in [3.8, 4) is 0 Å². The van der Waals surface area contributed by atoms with Crippen LogP contribution in [0.15, 0.2) is 6.07 Å². The molecular weight excluding hydrogens is 226 g/mol. The number of nitrogens with one attached hydrogen (secondary N) is 2. The van der Waals surface area contributed by atoms with Gasteiger partial charge in [0, 0.05) is 25.7 Å². The average Bonchev–Trinajstić information content (AvgIpc) is 2.28. The van der Waals surface area contributed by atoms with E-state index in [4.69, 9.17) is 0 Å². The highest BCUT2D eigenvalue weighted by atomic mass is 15.1. The van der Waals surface area contributed by atoms with Crippen molar-refractivity contribution in [3.05, 3.63) is 11.9 Å². The zero-order valence-electron chi connectivity index (χ0n) is 12.0. The number of aryl methyl sites for hydroxylation is 1. The second kappa shape index (κ2) is 7.87. The maximum absolute atomic E-state index is 4.38. The van der Waals surface area contributed by atoms with E-state index in [0.717, 1.165) is 43.5 Å². The summed E-state index contributed by atoms with van der Waals surface area (Å²) < 4.78 is 0. The summed E-state index contributed by atoms with van der Waals surface area (Å²) in [5.74, 6) is 2.59. The fourth-order valence-electron chi connectivity index (χ4n) is 1.55. The molecule has 0 saturated heterocycles. The molecule has 0 aliphatic rings. The van der Waals surface area contributed by atoms with E-state index in [9.17, 15) is 0 Å². The Kier molecular flexibility index (Phi) is 6.43. The molecule has 0 fully saturated rings. The van der Waals surface area contributed by atoms with E-state index in [0.29, 0.717) is 0 Å². The van der Waals surface area contributed by atoms with Crippen molar-refractivity contribution in [1.82, 2.24) is 14.9 Å². The molecule has 0 atom stereocenters. The first-order valence-electron chi connectivity index (χ1n) is 6.60. The van der Waals surface area contributed by atoms with Crippen LogP contribution in [0.4, 0.5) is 11.6 Å². The SMILES string of the molecule is CCCCNc1cc(NCCN(C)C)nc(C)n1. The number of aromatic nitrogens is 2. The van der Waals surface area contributed by atoms with Gasteiger partial charge in [-0.15, -0.1) is 0 Å². The second-order valence-electron chi connectivity index (χ2n) is 4.70. The highest BCUT2D eigenvalue weighted by Gasteiger charge is 2.01. The minimum absolute atomic E-state index is 0.795. The van der Waals surface area contributed by atoms with Crippen LogP contribution in [0.2, 0.25) is 0 Å². The molecule has 0 aromatic carbocycles. The van der Waals surface area contributed by atoms with E-state index >= 15 is 0 Å². The van der Waals surface area contributed by atoms with Crippen LogP contribution in [-0.2, 0) is 0 Å². The molecule has 1 rings (SSSR count). The molecule has 0 aliphatic heterocycles. The first kappa shape index (κ1) is 14.7. The Morgan fingerprint density at radius 2 is 1.72 bits per heavy atom. The third kappa shape index (κ3) is 5.82. The van der Waals surface area contributed by atoms with Crippen LogP contribution in [0, 0.1) is 6.92 Å². The minimum Gasteiger partial charge on any atom is -0.370 e. The second-order valence-corrected chi connectivity index (χ2v) is 4.70. The van der Waals surface area contributed by atoms with Gasteiger partial charge in [-0.1, -0.05) is 13.3 Å². The van der Waals surface area contributed by atoms with Crippen molar-refractivity contribution < 1.29 is 0 Å². The van der Waals surface area contributed by atoms with Crippen LogP contribution >= 0.6 is 0 Å². The molecule has 1 aromatic rings. The molecular formula is C13H25N5. The Hall–Kier alpha value is -1.36. The molecule has 0 radical (unpaired) electrons. The number of hydrogen-bond donors (Lipinski definition) is 2. The van der Waals surface area contributed by atoms with Crippen molar-refractivity contribution in [2.45, 2.75) is 26.7 Å². The van der Waals surface area contributed by atoms with Gasteiger partial charge in [-0.3, -0.25) is 0 Å². The molecule has 0 bridgehead atoms. The largest absolute Gasteiger partial charge is 0.370 e. The van der Waals surface area contributed by atoms with E-state index in [1.54, 1.807) is 0 Å². The zero-order valence-corrected chi connectivity index (χ0v) is 12.0. The van der Waals surface area contributed by atoms with Crippen molar-refractivity contribution in [3.63, 3.8) is 0 Å². The van der Waals surface area contributed by atoms with Crippen LogP contribution in [0.3, 0.4) is 0 Å². The van der Waals surface area contributed by atoms with E-state index < -0.39 is 0 Å². The van der Waals surface area contributed by atoms with Crippen LogP contribution in [0.1, 0.15) is 25.6 Å². The molecule has 18 heavy (non-hydrogen) atoms. The first-order chi connectivity index (χ1) is 8.61. The normalized spacial score (nSPS) is 10.7. The molecule has 5 heteroatoms. The molecule has 0 amide bonds. The summed E-state index contributed by atoms with van der Waals surface area (Å²) in [5.41, 5.74) is 0. The quantitative estimate of drug-likeness (QED) is 0.692. The lowest BCUT2D eigenvalue weighted by molar-refractivity contribution is 0.425. The Bertz CT molecular complexity index is 351. The summed E-state index contributed by atoms with van der Waals surface area (Å²) in [6, 6.07) is 1.97. The maximum atomic E-state index is 4.38. The van der Waals surface area contributed by atoms with E-state index in [1.807, 2.05) is 13.0 Å². The number of rotatable bonds is 8. The first-order valence-corrected chi connectivity index (χ1v) is 6.60. The van der Waals surface area contributed by atoms with Gasteiger partial charge < -0.3 is 15.5 Å². The summed E-state index contributed by atoms with van der Waals surface area (Å²) in [6.45, 7) is 6.94. The maximum Gasteiger partial charge on any atom is 0.131 e. The monoisotopic (exact) mass is 251 g/mol. The highest BCUT2D eigenvalue weighted by molar-refractivity contribution is 5.47. The zero-order chi connectivity index (χ0) is 13.4. The Morgan fingerprint density at radius 3 is 2.28 bits per heavy atom. The van der Waals surface area contributed by atoms with Gasteiger partial charge in [-0.05, 0) is 27.4 Å². The summed E-state index contributed by atoms with van der Waals surface area (Å²) in [5, 5.41) is 6.64. The molecule has 0 unspecified atom stereocenters. The fourth-order valence-corrected chi connectivity index (χ4v) is 1.55. The fraction of sp³-hybridized carbons (Fsp3) is 0.692. The molecule has 2 N–H and O–H groups in total. The summed E-state index contributed by atoms with van der Waals surface area (Å²) in [4.78, 5) is 10.9. The van der Waals surface area contributed by atoms with Crippen molar-refractivity contribution in [1.29, 1.82) is 0 Å². The van der Waals surface area contributed by atoms with Crippen LogP contribution in [-0.4, -0.2) is 48.6 Å². The average molecular weight is 251 g/mol. The summed E-state index contributed by atoms with van der Waals surface area (Å²) in [6.07, 6.45) is 2.34. The summed E-state index contributed by atoms with van der Waals surface area (Å²) in [7, 11) is 4.12. The Morgan fingerprint density at radius 1 is 1.11 bits per heavy atom. The van der Waals surface area contributed by atoms with Gasteiger partial charge in [0.15, 0.2) is 0 Å². The standard InChI is InChI=1S/C13H25N5/c1-5-6-7-14-12-10-13(17-11(2)16-12)15-8-9-18(3)4/h10H,5-9H2,1-4H3,(H2,14,15,16,17). The van der Waals surface area contributed by atoms with Gasteiger partial charge in [0.1, 0.15) is 17.5 Å². The highest BCUT2D eigenvalue weighted by Crippen LogP contribution is 2.10. The van der Waals surface area contributed by atoms with Gasteiger partial charge in [-0.2, -0.15) is 0 Å². The molecule has 5 nitrogen and oxygen atoms in total. The topological polar surface area (TPSA) is 53.1 Å². The number of likely N-dealkylation sites (N-methyl/N-ethyl adjacent to an activating group) is 1. The smallest absolute Gasteiger partial charge is 0.131 e. The molecule has 0 spiro atoms. The number of nitrogens with zero attached hydrogens (tertiary/aromatic N) is 3. The van der Waals surface area contributed by atoms with E-state index in [1.165, 1.54) is 6.42 Å². The van der Waals surface area contributed by atoms with Crippen molar-refractivity contribution in [2.24, 2.45) is 0 Å². The molecule has 0 aliphatic carbocycles. The number of anilines is 2. The van der Waals surface area contributed by atoms with Gasteiger partial charge in [-0.25, -0.2) is 9.97 Å². The molecule has 1 aromatic heterocycles. The summed E-state index contributed by atoms with van der Waals surface area (Å²) >= 11 is 0. The lowest BCUT2D eigenvalue weighted by Crippen LogP contribution is -2.21. The molecule has 102 valence electrons. The Balaban J connectivity index is 2.51. The number of hydrogen-bond acceptors (Lipinski definition) is 5. The van der Waals surface area contributed by atoms with E-state index in [-0.39, 0.29) is 0 Å². The van der Waals surface area contributed by atoms with Crippen molar-refractivity contribution in [2.75, 3.05) is 44.4 Å². The lowest BCUT2D eigenvalue weighted by atomic mass is 10.3. The van der Waals surface area contributed by atoms with E-state index in [2.05, 4.69) is 46.5 Å². The van der Waals surface area contributed by atoms with Crippen molar-refractivity contribution >= 4 is 11.6 Å². The van der Waals surface area contributed by atoms with Crippen LogP contribution in [0.5, 0.6) is 0 Å². The van der Waals surface area contributed by atoms with Gasteiger partial charge in [0.05, 0.1) is 0 Å². The number of unbranched alkanes of at least 4 members (excludes halogenated alkanes) is 1. The van der Waals surface area contributed by atoms with Gasteiger partial charge >= 0.3 is 0 Å². The third-order valence-electron chi connectivity index (χ3n) is 2.54. The predicted octanol–water partition coefficient (Wildman–Crippen LogP) is 1.97. The third-order valence-corrected chi connectivity index (χ3v) is 2.54. The van der Waals surface area contributed by atoms with Gasteiger partial charge in [0.2, 0.25) is 0 Å². The van der Waals surface area contributed by atoms with Crippen LogP contribution in [0.25, 0.3) is 0 Å². The lowest BCUT2D eigenvalue weighted by Gasteiger charge is -2.12. The van der Waals surface area contributed by atoms with Crippen LogP contribution < -0.4 is 10.6 Å². The Labute approximate surface area is 110 Å².